The van der Waals surface area contributed by atoms with Gasteiger partial charge in [-0.05, 0) is 48.4 Å². The fraction of sp³-hybridized carbons (Fsp3) is 0.125. The summed E-state index contributed by atoms with van der Waals surface area (Å²) in [4.78, 5) is 28.3. The molecule has 4 aromatic rings. The lowest BCUT2D eigenvalue weighted by Gasteiger charge is -2.16. The van der Waals surface area contributed by atoms with Crippen molar-refractivity contribution in [1.82, 2.24) is 14.9 Å². The predicted molar refractivity (Wildman–Crippen MR) is 120 cm³/mol. The standard InChI is InChI=1S/C24H20ClN3O3/c1-15(17-6-8-19(9-7-17)24(30)31)27-23(29)20-4-2-3-18-11-12-28(22(18)20)14-16-5-10-21(25)26-13-16/h2-13,15H,14H2,1H3,(H,27,29)(H,30,31). The zero-order valence-electron chi connectivity index (χ0n) is 16.7. The monoisotopic (exact) mass is 433 g/mol. The van der Waals surface area contributed by atoms with E-state index in [1.54, 1.807) is 30.5 Å². The zero-order valence-corrected chi connectivity index (χ0v) is 17.5. The Hall–Kier alpha value is -3.64. The van der Waals surface area contributed by atoms with Gasteiger partial charge in [-0.25, -0.2) is 9.78 Å². The Morgan fingerprint density at radius 1 is 1.10 bits per heavy atom. The van der Waals surface area contributed by atoms with E-state index in [4.69, 9.17) is 16.7 Å². The average Bonchev–Trinajstić information content (AvgIpc) is 3.18. The van der Waals surface area contributed by atoms with Crippen LogP contribution in [0, 0.1) is 0 Å². The van der Waals surface area contributed by atoms with Crippen molar-refractivity contribution in [2.75, 3.05) is 0 Å². The number of nitrogens with zero attached hydrogens (tertiary/aromatic N) is 2. The van der Waals surface area contributed by atoms with E-state index in [0.29, 0.717) is 17.3 Å². The predicted octanol–water partition coefficient (Wildman–Crippen LogP) is 4.93. The molecule has 2 heterocycles. The molecule has 0 bridgehead atoms. The summed E-state index contributed by atoms with van der Waals surface area (Å²) in [6.07, 6.45) is 3.67. The molecule has 7 heteroatoms. The molecule has 2 aromatic heterocycles. The lowest BCUT2D eigenvalue weighted by Crippen LogP contribution is -2.27. The van der Waals surface area contributed by atoms with Gasteiger partial charge >= 0.3 is 5.97 Å². The smallest absolute Gasteiger partial charge is 0.335 e. The van der Waals surface area contributed by atoms with Crippen LogP contribution in [0.3, 0.4) is 0 Å². The van der Waals surface area contributed by atoms with Crippen LogP contribution in [0.4, 0.5) is 0 Å². The molecule has 31 heavy (non-hydrogen) atoms. The van der Waals surface area contributed by atoms with Gasteiger partial charge in [0.2, 0.25) is 0 Å². The molecule has 2 aromatic carbocycles. The summed E-state index contributed by atoms with van der Waals surface area (Å²) < 4.78 is 2.02. The van der Waals surface area contributed by atoms with Crippen LogP contribution in [-0.4, -0.2) is 26.5 Å². The third-order valence-electron chi connectivity index (χ3n) is 5.18. The van der Waals surface area contributed by atoms with Crippen LogP contribution in [0.5, 0.6) is 0 Å². The highest BCUT2D eigenvalue weighted by Gasteiger charge is 2.17. The highest BCUT2D eigenvalue weighted by atomic mass is 35.5. The molecule has 0 fully saturated rings. The van der Waals surface area contributed by atoms with E-state index in [0.717, 1.165) is 22.0 Å². The number of pyridine rings is 1. The lowest BCUT2D eigenvalue weighted by molar-refractivity contribution is 0.0696. The number of nitrogens with one attached hydrogen (secondary N) is 1. The van der Waals surface area contributed by atoms with E-state index in [9.17, 15) is 9.59 Å². The second kappa shape index (κ2) is 8.62. The Morgan fingerprint density at radius 3 is 2.55 bits per heavy atom. The first-order valence-corrected chi connectivity index (χ1v) is 10.1. The average molecular weight is 434 g/mol. The number of para-hydroxylation sites is 1. The number of hydrogen-bond acceptors (Lipinski definition) is 3. The molecule has 1 unspecified atom stereocenters. The van der Waals surface area contributed by atoms with E-state index in [1.807, 2.05) is 42.0 Å². The number of carboxylic acid groups (broad SMARTS) is 1. The summed E-state index contributed by atoms with van der Waals surface area (Å²) in [5, 5.41) is 13.5. The third kappa shape index (κ3) is 4.44. The Bertz CT molecular complexity index is 1250. The Balaban J connectivity index is 1.59. The van der Waals surface area contributed by atoms with Gasteiger partial charge in [-0.3, -0.25) is 4.79 Å². The molecule has 0 aliphatic heterocycles. The summed E-state index contributed by atoms with van der Waals surface area (Å²) in [6, 6.07) is 17.5. The quantitative estimate of drug-likeness (QED) is 0.422. The van der Waals surface area contributed by atoms with Crippen LogP contribution in [0.15, 0.2) is 73.1 Å². The molecule has 0 saturated carbocycles. The first-order chi connectivity index (χ1) is 14.9. The first kappa shape index (κ1) is 20.6. The molecule has 0 aliphatic carbocycles. The number of aromatic carboxylic acids is 1. The van der Waals surface area contributed by atoms with Crippen molar-refractivity contribution in [3.8, 4) is 0 Å². The minimum atomic E-state index is -0.980. The summed E-state index contributed by atoms with van der Waals surface area (Å²) in [6.45, 7) is 2.43. The molecule has 0 saturated heterocycles. The molecule has 156 valence electrons. The largest absolute Gasteiger partial charge is 0.478 e. The molecule has 0 spiro atoms. The maximum absolute atomic E-state index is 13.1. The van der Waals surface area contributed by atoms with Crippen LogP contribution in [-0.2, 0) is 6.54 Å². The number of carboxylic acids is 1. The van der Waals surface area contributed by atoms with Crippen molar-refractivity contribution in [2.24, 2.45) is 0 Å². The normalized spacial score (nSPS) is 11.9. The zero-order chi connectivity index (χ0) is 22.0. The molecule has 1 atom stereocenters. The first-order valence-electron chi connectivity index (χ1n) is 9.75. The Labute approximate surface area is 184 Å². The van der Waals surface area contributed by atoms with E-state index in [1.165, 1.54) is 12.1 Å². The molecule has 6 nitrogen and oxygen atoms in total. The van der Waals surface area contributed by atoms with E-state index < -0.39 is 5.97 Å². The summed E-state index contributed by atoms with van der Waals surface area (Å²) in [5.41, 5.74) is 3.42. The second-order valence-corrected chi connectivity index (χ2v) is 7.69. The summed E-state index contributed by atoms with van der Waals surface area (Å²) >= 11 is 5.88. The van der Waals surface area contributed by atoms with Gasteiger partial charge in [0.05, 0.1) is 22.7 Å². The van der Waals surface area contributed by atoms with Crippen LogP contribution in [0.1, 0.15) is 44.8 Å². The second-order valence-electron chi connectivity index (χ2n) is 7.30. The third-order valence-corrected chi connectivity index (χ3v) is 5.40. The minimum Gasteiger partial charge on any atom is -0.478 e. The molecule has 0 radical (unpaired) electrons. The fourth-order valence-electron chi connectivity index (χ4n) is 3.54. The van der Waals surface area contributed by atoms with Crippen molar-refractivity contribution in [2.45, 2.75) is 19.5 Å². The number of fused-ring (bicyclic) bond motifs is 1. The Morgan fingerprint density at radius 2 is 1.87 bits per heavy atom. The van der Waals surface area contributed by atoms with E-state index in [-0.39, 0.29) is 17.5 Å². The number of halogens is 1. The van der Waals surface area contributed by atoms with E-state index in [2.05, 4.69) is 10.3 Å². The molecular formula is C24H20ClN3O3. The maximum Gasteiger partial charge on any atom is 0.335 e. The number of rotatable bonds is 6. The highest BCUT2D eigenvalue weighted by Crippen LogP contribution is 2.23. The Kier molecular flexibility index (Phi) is 5.73. The van der Waals surface area contributed by atoms with Gasteiger partial charge in [0, 0.05) is 24.3 Å². The van der Waals surface area contributed by atoms with Crippen LogP contribution in [0.2, 0.25) is 5.15 Å². The van der Waals surface area contributed by atoms with Gasteiger partial charge < -0.3 is 15.0 Å². The van der Waals surface area contributed by atoms with Gasteiger partial charge in [-0.1, -0.05) is 41.9 Å². The van der Waals surface area contributed by atoms with Crippen molar-refractivity contribution in [1.29, 1.82) is 0 Å². The maximum atomic E-state index is 13.1. The van der Waals surface area contributed by atoms with Crippen molar-refractivity contribution < 1.29 is 14.7 Å². The van der Waals surface area contributed by atoms with Crippen molar-refractivity contribution in [3.63, 3.8) is 0 Å². The fourth-order valence-corrected chi connectivity index (χ4v) is 3.66. The number of benzene rings is 2. The minimum absolute atomic E-state index is 0.199. The van der Waals surface area contributed by atoms with Gasteiger partial charge in [0.1, 0.15) is 5.15 Å². The molecular weight excluding hydrogens is 414 g/mol. The van der Waals surface area contributed by atoms with Gasteiger partial charge in [-0.15, -0.1) is 0 Å². The lowest BCUT2D eigenvalue weighted by atomic mass is 10.0. The highest BCUT2D eigenvalue weighted by molar-refractivity contribution is 6.29. The van der Waals surface area contributed by atoms with Crippen molar-refractivity contribution >= 4 is 34.4 Å². The molecule has 4 rings (SSSR count). The SMILES string of the molecule is CC(NC(=O)c1cccc2ccn(Cc3ccc(Cl)nc3)c12)c1ccc(C(=O)O)cc1. The van der Waals surface area contributed by atoms with Gasteiger partial charge in [0.15, 0.2) is 0 Å². The molecule has 1 amide bonds. The molecule has 2 N–H and O–H groups in total. The number of carbonyl (C=O) groups is 2. The van der Waals surface area contributed by atoms with Crippen LogP contribution >= 0.6 is 11.6 Å². The molecule has 0 aliphatic rings. The number of aromatic nitrogens is 2. The van der Waals surface area contributed by atoms with E-state index >= 15 is 0 Å². The van der Waals surface area contributed by atoms with Crippen LogP contribution < -0.4 is 5.32 Å². The van der Waals surface area contributed by atoms with Crippen LogP contribution in [0.25, 0.3) is 10.9 Å². The van der Waals surface area contributed by atoms with Crippen molar-refractivity contribution in [3.05, 3.63) is 100 Å². The summed E-state index contributed by atoms with van der Waals surface area (Å²) in [7, 11) is 0. The number of amides is 1. The summed E-state index contributed by atoms with van der Waals surface area (Å²) in [5.74, 6) is -1.18. The number of carbonyl (C=O) groups excluding carboxylic acids is 1. The topological polar surface area (TPSA) is 84.2 Å². The van der Waals surface area contributed by atoms with Gasteiger partial charge in [-0.2, -0.15) is 0 Å². The van der Waals surface area contributed by atoms with Gasteiger partial charge in [0.25, 0.3) is 5.91 Å². The number of hydrogen-bond donors (Lipinski definition) is 2.